The first kappa shape index (κ1) is 52.2. The van der Waals surface area contributed by atoms with Crippen LogP contribution in [0.1, 0.15) is 93.2 Å². The molecule has 0 bridgehead atoms. The highest BCUT2D eigenvalue weighted by Gasteiger charge is 2.45. The molecule has 2 aromatic carbocycles. The molecule has 72 heavy (non-hydrogen) atoms. The van der Waals surface area contributed by atoms with Crippen LogP contribution in [0.25, 0.3) is 22.3 Å². The highest BCUT2D eigenvalue weighted by atomic mass is 19.1. The fourth-order valence-electron chi connectivity index (χ4n) is 8.77. The summed E-state index contributed by atoms with van der Waals surface area (Å²) in [5.74, 6) is -4.99. The molecule has 4 atom stereocenters. The molecule has 7 rings (SSSR count). The predicted octanol–water partition coefficient (Wildman–Crippen LogP) is 2.15. The Morgan fingerprint density at radius 1 is 0.875 bits per heavy atom. The Bertz CT molecular complexity index is 2920. The van der Waals surface area contributed by atoms with Crippen molar-refractivity contribution in [2.75, 3.05) is 19.9 Å². The normalized spacial score (nSPS) is 16.8. The van der Waals surface area contributed by atoms with Gasteiger partial charge in [-0.15, -0.1) is 0 Å². The molecule has 7 amide bonds. The molecule has 2 aromatic heterocycles. The van der Waals surface area contributed by atoms with Crippen molar-refractivity contribution < 1.29 is 57.3 Å². The number of hydrogen-bond acceptors (Lipinski definition) is 13. The fraction of sp³-hybridized carbons (Fsp3) is 0.412. The van der Waals surface area contributed by atoms with E-state index >= 15 is 4.39 Å². The van der Waals surface area contributed by atoms with Gasteiger partial charge in [0.15, 0.2) is 5.60 Å². The lowest BCUT2D eigenvalue weighted by molar-refractivity contribution is -0.172. The van der Waals surface area contributed by atoms with E-state index < -0.39 is 83.9 Å². The Morgan fingerprint density at radius 2 is 1.54 bits per heavy atom. The van der Waals surface area contributed by atoms with E-state index in [1.54, 1.807) is 26.0 Å². The molecule has 21 heteroatoms. The molecule has 0 unspecified atom stereocenters. The molecule has 4 aromatic rings. The minimum absolute atomic E-state index is 0.0223. The van der Waals surface area contributed by atoms with E-state index in [9.17, 15) is 48.3 Å². The molecule has 20 nitrogen and oxygen atoms in total. The van der Waals surface area contributed by atoms with Gasteiger partial charge in [0.05, 0.1) is 29.0 Å². The summed E-state index contributed by atoms with van der Waals surface area (Å²) in [4.78, 5) is 123. The van der Waals surface area contributed by atoms with Gasteiger partial charge in [0, 0.05) is 60.8 Å². The molecule has 3 aliphatic heterocycles. The largest absolute Gasteiger partial charge is 0.458 e. The van der Waals surface area contributed by atoms with Crippen molar-refractivity contribution in [1.29, 1.82) is 0 Å². The Hall–Kier alpha value is -7.65. The summed E-state index contributed by atoms with van der Waals surface area (Å²) in [6.07, 6.45) is 4.03. The van der Waals surface area contributed by atoms with Crippen LogP contribution in [0, 0.1) is 12.7 Å². The number of esters is 1. The third-order valence-electron chi connectivity index (χ3n) is 13.0. The summed E-state index contributed by atoms with van der Waals surface area (Å²) in [5.41, 5.74) is 0.856. The summed E-state index contributed by atoms with van der Waals surface area (Å²) in [5, 5.41) is 22.1. The average Bonchev–Trinajstić information content (AvgIpc) is 3.89. The zero-order chi connectivity index (χ0) is 52.0. The van der Waals surface area contributed by atoms with Gasteiger partial charge in [-0.3, -0.25) is 43.3 Å². The SMILES string of the molecule is CC[C@@]1(O)C(=O)OCc2c1cc1n(c2=O)Cc2c-1nc1cc(F)c(C)cc1c2CN(Cc1ccccc1)C(=O)COCNC(=O)[C@H](C)NC(=O)[C@H](C)NC(=O)[C@H](C)NC(=O)CCCCCN1C(=O)C=CC1=O. The Labute approximate surface area is 413 Å². The second kappa shape index (κ2) is 22.2. The van der Waals surface area contributed by atoms with E-state index in [2.05, 4.69) is 21.3 Å². The third-order valence-corrected chi connectivity index (χ3v) is 13.0. The van der Waals surface area contributed by atoms with Crippen molar-refractivity contribution in [3.8, 4) is 11.4 Å². The van der Waals surface area contributed by atoms with Gasteiger partial charge in [-0.05, 0) is 75.8 Å². The quantitative estimate of drug-likeness (QED) is 0.0306. The number of ether oxygens (including phenoxy) is 2. The minimum Gasteiger partial charge on any atom is -0.458 e. The fourth-order valence-corrected chi connectivity index (χ4v) is 8.77. The molecule has 0 aliphatic carbocycles. The van der Waals surface area contributed by atoms with Gasteiger partial charge in [-0.25, -0.2) is 14.2 Å². The van der Waals surface area contributed by atoms with Crippen LogP contribution in [0.2, 0.25) is 0 Å². The lowest BCUT2D eigenvalue weighted by atomic mass is 9.86. The number of fused-ring (bicyclic) bond motifs is 5. The van der Waals surface area contributed by atoms with E-state index in [1.807, 2.05) is 30.3 Å². The van der Waals surface area contributed by atoms with Crippen LogP contribution in [0.4, 0.5) is 4.39 Å². The summed E-state index contributed by atoms with van der Waals surface area (Å²) < 4.78 is 27.6. The number of nitrogens with zero attached hydrogens (tertiary/aromatic N) is 4. The number of benzene rings is 2. The number of aromatic nitrogens is 2. The number of halogens is 1. The summed E-state index contributed by atoms with van der Waals surface area (Å²) >= 11 is 0. The maximum atomic E-state index is 15.2. The molecule has 0 spiro atoms. The smallest absolute Gasteiger partial charge is 0.343 e. The van der Waals surface area contributed by atoms with Gasteiger partial charge in [0.25, 0.3) is 17.4 Å². The molecular formula is C51H57FN8O12. The van der Waals surface area contributed by atoms with Crippen molar-refractivity contribution in [3.63, 3.8) is 0 Å². The van der Waals surface area contributed by atoms with Gasteiger partial charge in [-0.1, -0.05) is 43.7 Å². The Balaban J connectivity index is 0.951. The maximum absolute atomic E-state index is 15.2. The number of carbonyl (C=O) groups excluding carboxylic acids is 8. The highest BCUT2D eigenvalue weighted by molar-refractivity contribution is 6.12. The molecule has 5 N–H and O–H groups in total. The first-order valence-electron chi connectivity index (χ1n) is 23.7. The van der Waals surface area contributed by atoms with E-state index in [0.29, 0.717) is 52.7 Å². The van der Waals surface area contributed by atoms with Crippen LogP contribution < -0.4 is 26.8 Å². The molecule has 0 fully saturated rings. The second-order valence-corrected chi connectivity index (χ2v) is 18.1. The lowest BCUT2D eigenvalue weighted by Crippen LogP contribution is -2.54. The van der Waals surface area contributed by atoms with E-state index in [0.717, 1.165) is 10.5 Å². The number of cyclic esters (lactones) is 1. The van der Waals surface area contributed by atoms with Gasteiger partial charge >= 0.3 is 5.97 Å². The number of nitrogens with one attached hydrogen (secondary N) is 4. The molecule has 5 heterocycles. The highest BCUT2D eigenvalue weighted by Crippen LogP contribution is 2.41. The summed E-state index contributed by atoms with van der Waals surface area (Å²) in [6, 6.07) is 10.5. The average molecular weight is 993 g/mol. The van der Waals surface area contributed by atoms with Crippen LogP contribution in [0.5, 0.6) is 0 Å². The van der Waals surface area contributed by atoms with Crippen LogP contribution in [0.15, 0.2) is 65.5 Å². The van der Waals surface area contributed by atoms with Gasteiger partial charge in [-0.2, -0.15) is 0 Å². The number of carbonyl (C=O) groups is 8. The van der Waals surface area contributed by atoms with Crippen LogP contribution in [0.3, 0.4) is 0 Å². The maximum Gasteiger partial charge on any atom is 0.343 e. The summed E-state index contributed by atoms with van der Waals surface area (Å²) in [7, 11) is 0. The van der Waals surface area contributed by atoms with E-state index in [4.69, 9.17) is 14.5 Å². The monoisotopic (exact) mass is 992 g/mol. The number of unbranched alkanes of at least 4 members (excludes halogenated alkanes) is 2. The molecule has 3 aliphatic rings. The van der Waals surface area contributed by atoms with Crippen LogP contribution in [-0.4, -0.2) is 110 Å². The lowest BCUT2D eigenvalue weighted by Gasteiger charge is -2.31. The van der Waals surface area contributed by atoms with Gasteiger partial charge in [0.2, 0.25) is 29.5 Å². The Morgan fingerprint density at radius 3 is 2.22 bits per heavy atom. The molecular weight excluding hydrogens is 936 g/mol. The number of aliphatic hydroxyl groups is 1. The van der Waals surface area contributed by atoms with Gasteiger partial charge < -0.3 is 45.3 Å². The molecule has 0 saturated heterocycles. The standard InChI is InChI=1S/C51H57FN8O12/c1-6-51(70)37-20-40-45-35(24-60(40)49(68)36(37)25-72-50(51)69)34(33-19-28(2)38(52)21-39(33)57-45)23-58(22-32-13-9-7-10-14-32)44(64)26-71-27-53-46(65)29(3)55-48(67)31(5)56-47(66)30(4)54-41(61)15-11-8-12-18-59-42(62)16-17-43(59)63/h7,9-10,13-14,16-17,19-21,29-31,70H,6,8,11-12,15,18,22-27H2,1-5H3,(H,53,65)(H,54,61)(H,55,67)(H,56,66)/t29-,30-,31-,51-/m0/s1. The molecule has 0 saturated carbocycles. The van der Waals surface area contributed by atoms with Crippen molar-refractivity contribution in [3.05, 3.63) is 110 Å². The number of aryl methyl sites for hydroxylation is 1. The number of rotatable bonds is 21. The number of hydrogen-bond donors (Lipinski definition) is 5. The van der Waals surface area contributed by atoms with E-state index in [-0.39, 0.29) is 74.1 Å². The number of imide groups is 1. The molecule has 380 valence electrons. The third kappa shape index (κ3) is 11.3. The van der Waals surface area contributed by atoms with Crippen LogP contribution in [-0.2, 0) is 79.7 Å². The van der Waals surface area contributed by atoms with Crippen molar-refractivity contribution in [2.45, 2.75) is 117 Å². The first-order valence-corrected chi connectivity index (χ1v) is 23.7. The van der Waals surface area contributed by atoms with Crippen LogP contribution >= 0.6 is 0 Å². The zero-order valence-corrected chi connectivity index (χ0v) is 40.6. The second-order valence-electron chi connectivity index (χ2n) is 18.1. The van der Waals surface area contributed by atoms with Crippen molar-refractivity contribution in [1.82, 2.24) is 40.6 Å². The van der Waals surface area contributed by atoms with Crippen molar-refractivity contribution >= 4 is 58.2 Å². The van der Waals surface area contributed by atoms with Crippen molar-refractivity contribution in [2.24, 2.45) is 0 Å². The number of pyridine rings is 2. The van der Waals surface area contributed by atoms with Gasteiger partial charge in [0.1, 0.15) is 43.9 Å². The zero-order valence-electron chi connectivity index (χ0n) is 40.6. The first-order chi connectivity index (χ1) is 34.3. The minimum atomic E-state index is -2.07. The Kier molecular flexibility index (Phi) is 16.1. The topological polar surface area (TPSA) is 265 Å². The number of amides is 7. The summed E-state index contributed by atoms with van der Waals surface area (Å²) in [6.45, 7) is 6.57. The predicted molar refractivity (Wildman–Crippen MR) is 256 cm³/mol. The van der Waals surface area contributed by atoms with E-state index in [1.165, 1.54) is 48.5 Å². The molecule has 0 radical (unpaired) electrons.